The van der Waals surface area contributed by atoms with Crippen LogP contribution in [0.2, 0.25) is 0 Å². The molecule has 0 aromatic heterocycles. The van der Waals surface area contributed by atoms with Crippen LogP contribution in [-0.4, -0.2) is 11.1 Å². The smallest absolute Gasteiger partial charge is 0.307 e. The van der Waals surface area contributed by atoms with Crippen LogP contribution in [0.5, 0.6) is 0 Å². The Morgan fingerprint density at radius 1 is 1.42 bits per heavy atom. The SMILES string of the molecule is CC(C)=C[C@H]1C(C(=O)O)C1(C)C. The lowest BCUT2D eigenvalue weighted by Crippen LogP contribution is -2.02. The normalized spacial score (nSPS) is 31.0. The number of aliphatic carboxylic acids is 1. The maximum absolute atomic E-state index is 10.7. The number of hydrogen-bond acceptors (Lipinski definition) is 1. The van der Waals surface area contributed by atoms with Crippen molar-refractivity contribution in [2.45, 2.75) is 27.7 Å². The Morgan fingerprint density at radius 2 is 1.92 bits per heavy atom. The Bertz CT molecular complexity index is 234. The Kier molecular flexibility index (Phi) is 2.02. The highest BCUT2D eigenvalue weighted by atomic mass is 16.4. The minimum absolute atomic E-state index is 0.0386. The van der Waals surface area contributed by atoms with Crippen molar-refractivity contribution >= 4 is 5.97 Å². The van der Waals surface area contributed by atoms with E-state index in [1.165, 1.54) is 5.57 Å². The summed E-state index contributed by atoms with van der Waals surface area (Å²) >= 11 is 0. The van der Waals surface area contributed by atoms with Crippen molar-refractivity contribution in [2.24, 2.45) is 17.3 Å². The molecule has 0 radical (unpaired) electrons. The van der Waals surface area contributed by atoms with Gasteiger partial charge in [-0.1, -0.05) is 25.5 Å². The van der Waals surface area contributed by atoms with Crippen LogP contribution in [0, 0.1) is 17.3 Å². The van der Waals surface area contributed by atoms with E-state index < -0.39 is 5.97 Å². The molecule has 68 valence electrons. The predicted molar refractivity (Wildman–Crippen MR) is 47.8 cm³/mol. The van der Waals surface area contributed by atoms with Crippen molar-refractivity contribution in [1.82, 2.24) is 0 Å². The lowest BCUT2D eigenvalue weighted by Gasteiger charge is -1.96. The van der Waals surface area contributed by atoms with Gasteiger partial charge in [-0.25, -0.2) is 0 Å². The first kappa shape index (κ1) is 9.30. The summed E-state index contributed by atoms with van der Waals surface area (Å²) < 4.78 is 0. The monoisotopic (exact) mass is 168 g/mol. The minimum atomic E-state index is -0.664. The van der Waals surface area contributed by atoms with Crippen LogP contribution < -0.4 is 0 Å². The molecule has 0 saturated heterocycles. The molecular weight excluding hydrogens is 152 g/mol. The molecule has 0 spiro atoms. The van der Waals surface area contributed by atoms with Crippen molar-refractivity contribution in [1.29, 1.82) is 0 Å². The zero-order chi connectivity index (χ0) is 9.52. The molecule has 0 amide bonds. The molecule has 0 bridgehead atoms. The van der Waals surface area contributed by atoms with Crippen molar-refractivity contribution in [3.63, 3.8) is 0 Å². The average Bonchev–Trinajstić information content (AvgIpc) is 2.32. The van der Waals surface area contributed by atoms with E-state index in [1.54, 1.807) is 0 Å². The summed E-state index contributed by atoms with van der Waals surface area (Å²) in [5.74, 6) is -0.602. The quantitative estimate of drug-likeness (QED) is 0.642. The number of allylic oxidation sites excluding steroid dienone is 2. The van der Waals surface area contributed by atoms with E-state index in [4.69, 9.17) is 5.11 Å². The summed E-state index contributed by atoms with van der Waals surface area (Å²) in [5.41, 5.74) is 1.17. The molecular formula is C10H16O2. The number of rotatable bonds is 2. The second kappa shape index (κ2) is 2.61. The molecule has 1 N–H and O–H groups in total. The maximum Gasteiger partial charge on any atom is 0.307 e. The van der Waals surface area contributed by atoms with Crippen molar-refractivity contribution in [3.8, 4) is 0 Å². The molecule has 0 aromatic rings. The molecule has 1 rings (SSSR count). The van der Waals surface area contributed by atoms with Gasteiger partial charge in [0, 0.05) is 0 Å². The third-order valence-electron chi connectivity index (χ3n) is 2.69. The Balaban J connectivity index is 2.73. The summed E-state index contributed by atoms with van der Waals surface area (Å²) in [6.07, 6.45) is 2.07. The van der Waals surface area contributed by atoms with E-state index in [2.05, 4.69) is 6.08 Å². The lowest BCUT2D eigenvalue weighted by atomic mass is 10.1. The summed E-state index contributed by atoms with van der Waals surface area (Å²) in [5, 5.41) is 8.84. The largest absolute Gasteiger partial charge is 0.481 e. The van der Waals surface area contributed by atoms with Gasteiger partial charge in [-0.15, -0.1) is 0 Å². The van der Waals surface area contributed by atoms with E-state index in [9.17, 15) is 4.79 Å². The highest BCUT2D eigenvalue weighted by Crippen LogP contribution is 2.59. The molecule has 2 atom stereocenters. The third kappa shape index (κ3) is 1.38. The Labute approximate surface area is 73.3 Å². The van der Waals surface area contributed by atoms with E-state index in [1.807, 2.05) is 27.7 Å². The first-order valence-corrected chi connectivity index (χ1v) is 4.25. The number of carbonyl (C=O) groups is 1. The van der Waals surface area contributed by atoms with Gasteiger partial charge in [-0.2, -0.15) is 0 Å². The summed E-state index contributed by atoms with van der Waals surface area (Å²) in [6, 6.07) is 0. The van der Waals surface area contributed by atoms with E-state index in [0.717, 1.165) is 0 Å². The van der Waals surface area contributed by atoms with Gasteiger partial charge in [-0.3, -0.25) is 4.79 Å². The average molecular weight is 168 g/mol. The van der Waals surface area contributed by atoms with Crippen LogP contribution in [0.3, 0.4) is 0 Å². The maximum atomic E-state index is 10.7. The lowest BCUT2D eigenvalue weighted by molar-refractivity contribution is -0.139. The molecule has 2 nitrogen and oxygen atoms in total. The molecule has 0 aliphatic heterocycles. The summed E-state index contributed by atoms with van der Waals surface area (Å²) in [4.78, 5) is 10.7. The molecule has 0 heterocycles. The molecule has 1 fully saturated rings. The summed E-state index contributed by atoms with van der Waals surface area (Å²) in [6.45, 7) is 8.03. The van der Waals surface area contributed by atoms with Gasteiger partial charge in [0.05, 0.1) is 5.92 Å². The van der Waals surface area contributed by atoms with Crippen LogP contribution in [0.25, 0.3) is 0 Å². The minimum Gasteiger partial charge on any atom is -0.481 e. The van der Waals surface area contributed by atoms with Gasteiger partial charge in [-0.05, 0) is 25.2 Å². The van der Waals surface area contributed by atoms with Crippen LogP contribution in [0.15, 0.2) is 11.6 Å². The first-order valence-electron chi connectivity index (χ1n) is 4.25. The number of hydrogen-bond donors (Lipinski definition) is 1. The first-order chi connectivity index (χ1) is 5.37. The van der Waals surface area contributed by atoms with Crippen molar-refractivity contribution < 1.29 is 9.90 Å². The van der Waals surface area contributed by atoms with Crippen LogP contribution >= 0.6 is 0 Å². The number of carboxylic acids is 1. The summed E-state index contributed by atoms with van der Waals surface area (Å²) in [7, 11) is 0. The molecule has 12 heavy (non-hydrogen) atoms. The molecule has 1 aliphatic carbocycles. The fourth-order valence-corrected chi connectivity index (χ4v) is 1.82. The topological polar surface area (TPSA) is 37.3 Å². The molecule has 2 heteroatoms. The van der Waals surface area contributed by atoms with Crippen LogP contribution in [-0.2, 0) is 4.79 Å². The zero-order valence-corrected chi connectivity index (χ0v) is 8.09. The highest BCUT2D eigenvalue weighted by Gasteiger charge is 2.60. The molecule has 1 aliphatic rings. The molecule has 1 unspecified atom stereocenters. The van der Waals surface area contributed by atoms with E-state index in [-0.39, 0.29) is 17.3 Å². The highest BCUT2D eigenvalue weighted by molar-refractivity contribution is 5.76. The molecule has 0 aromatic carbocycles. The van der Waals surface area contributed by atoms with Gasteiger partial charge < -0.3 is 5.11 Å². The van der Waals surface area contributed by atoms with Crippen LogP contribution in [0.4, 0.5) is 0 Å². The Hall–Kier alpha value is -0.790. The van der Waals surface area contributed by atoms with Crippen molar-refractivity contribution in [2.75, 3.05) is 0 Å². The fourth-order valence-electron chi connectivity index (χ4n) is 1.82. The van der Waals surface area contributed by atoms with Gasteiger partial charge >= 0.3 is 5.97 Å². The predicted octanol–water partition coefficient (Wildman–Crippen LogP) is 2.31. The van der Waals surface area contributed by atoms with Crippen LogP contribution in [0.1, 0.15) is 27.7 Å². The van der Waals surface area contributed by atoms with E-state index in [0.29, 0.717) is 0 Å². The third-order valence-corrected chi connectivity index (χ3v) is 2.69. The second-order valence-electron chi connectivity index (χ2n) is 4.41. The standard InChI is InChI=1S/C10H16O2/c1-6(2)5-7-8(9(11)12)10(7,3)4/h5,7-8H,1-4H3,(H,11,12)/t7-,8?/m0/s1. The van der Waals surface area contributed by atoms with Gasteiger partial charge in [0.15, 0.2) is 0 Å². The Morgan fingerprint density at radius 3 is 2.17 bits per heavy atom. The van der Waals surface area contributed by atoms with Gasteiger partial charge in [0.2, 0.25) is 0 Å². The van der Waals surface area contributed by atoms with Gasteiger partial charge in [0.25, 0.3) is 0 Å². The van der Waals surface area contributed by atoms with E-state index >= 15 is 0 Å². The fraction of sp³-hybridized carbons (Fsp3) is 0.700. The second-order valence-corrected chi connectivity index (χ2v) is 4.41. The number of carboxylic acid groups (broad SMARTS) is 1. The van der Waals surface area contributed by atoms with Gasteiger partial charge in [0.1, 0.15) is 0 Å². The van der Waals surface area contributed by atoms with Crippen molar-refractivity contribution in [3.05, 3.63) is 11.6 Å². The zero-order valence-electron chi connectivity index (χ0n) is 8.09. The molecule has 1 saturated carbocycles.